The van der Waals surface area contributed by atoms with Gasteiger partial charge in [0.1, 0.15) is 0 Å². The molecule has 0 aromatic carbocycles. The number of rotatable bonds is 0. The summed E-state index contributed by atoms with van der Waals surface area (Å²) in [5.41, 5.74) is 1.70. The van der Waals surface area contributed by atoms with E-state index in [2.05, 4.69) is 29.2 Å². The smallest absolute Gasteiger partial charge is 0.182 e. The van der Waals surface area contributed by atoms with Crippen LogP contribution in [-0.4, -0.2) is 5.78 Å². The van der Waals surface area contributed by atoms with Crippen LogP contribution in [0.5, 0.6) is 0 Å². The van der Waals surface area contributed by atoms with Crippen LogP contribution < -0.4 is 0 Å². The minimum atomic E-state index is 0.0943. The molecule has 0 unspecified atom stereocenters. The summed E-state index contributed by atoms with van der Waals surface area (Å²) in [7, 11) is 0. The van der Waals surface area contributed by atoms with E-state index < -0.39 is 0 Å². The third-order valence-electron chi connectivity index (χ3n) is 1.34. The molecule has 10 heavy (non-hydrogen) atoms. The lowest BCUT2D eigenvalue weighted by Crippen LogP contribution is -2.00. The van der Waals surface area contributed by atoms with Crippen molar-refractivity contribution < 1.29 is 4.79 Å². The van der Waals surface area contributed by atoms with Crippen LogP contribution >= 0.6 is 22.6 Å². The maximum absolute atomic E-state index is 11.0. The molecule has 52 valence electrons. The van der Waals surface area contributed by atoms with Crippen molar-refractivity contribution in [3.63, 3.8) is 0 Å². The van der Waals surface area contributed by atoms with Crippen LogP contribution in [0.15, 0.2) is 33.5 Å². The molecule has 0 bridgehead atoms. The lowest BCUT2D eigenvalue weighted by atomic mass is 10.0. The van der Waals surface area contributed by atoms with Crippen molar-refractivity contribution >= 4 is 28.4 Å². The average molecular weight is 246 g/mol. The molecular formula is C8H7IO. The molecule has 0 N–H and O–H groups in total. The summed E-state index contributed by atoms with van der Waals surface area (Å²) in [6.07, 6.45) is 3.42. The largest absolute Gasteiger partial charge is 0.290 e. The van der Waals surface area contributed by atoms with Crippen LogP contribution in [0.3, 0.4) is 0 Å². The Morgan fingerprint density at radius 1 is 1.50 bits per heavy atom. The van der Waals surface area contributed by atoms with Crippen LogP contribution in [0.1, 0.15) is 6.92 Å². The van der Waals surface area contributed by atoms with Gasteiger partial charge in [0.15, 0.2) is 5.78 Å². The monoisotopic (exact) mass is 246 g/mol. The van der Waals surface area contributed by atoms with E-state index in [0.29, 0.717) is 0 Å². The van der Waals surface area contributed by atoms with Crippen LogP contribution in [0.2, 0.25) is 0 Å². The summed E-state index contributed by atoms with van der Waals surface area (Å²) in [6.45, 7) is 5.57. The van der Waals surface area contributed by atoms with Gasteiger partial charge in [-0.3, -0.25) is 4.79 Å². The minimum absolute atomic E-state index is 0.0943. The second-order valence-corrected chi connectivity index (χ2v) is 3.37. The Morgan fingerprint density at radius 3 is 2.60 bits per heavy atom. The molecule has 1 nitrogen and oxygen atoms in total. The van der Waals surface area contributed by atoms with Gasteiger partial charge < -0.3 is 0 Å². The normalized spacial score (nSPS) is 18.6. The summed E-state index contributed by atoms with van der Waals surface area (Å²) in [5.74, 6) is 0.0943. The fourth-order valence-electron chi connectivity index (χ4n) is 0.723. The molecule has 0 aromatic rings. The zero-order chi connectivity index (χ0) is 7.72. The average Bonchev–Trinajstić information content (AvgIpc) is 1.84. The Balaban J connectivity index is 3.03. The van der Waals surface area contributed by atoms with Crippen molar-refractivity contribution in [3.8, 4) is 0 Å². The molecular weight excluding hydrogens is 239 g/mol. The van der Waals surface area contributed by atoms with E-state index in [1.54, 1.807) is 13.0 Å². The molecule has 1 aliphatic carbocycles. The summed E-state index contributed by atoms with van der Waals surface area (Å²) in [4.78, 5) is 11.0. The van der Waals surface area contributed by atoms with Crippen LogP contribution in [0, 0.1) is 0 Å². The maximum Gasteiger partial charge on any atom is 0.182 e. The van der Waals surface area contributed by atoms with Crippen molar-refractivity contribution in [1.82, 2.24) is 0 Å². The second-order valence-electron chi connectivity index (χ2n) is 2.21. The number of ketones is 1. The summed E-state index contributed by atoms with van der Waals surface area (Å²) < 4.78 is 0.938. The third-order valence-corrected chi connectivity index (χ3v) is 2.35. The van der Waals surface area contributed by atoms with Gasteiger partial charge in [-0.1, -0.05) is 6.58 Å². The predicted octanol–water partition coefficient (Wildman–Crippen LogP) is 2.39. The lowest BCUT2D eigenvalue weighted by molar-refractivity contribution is -0.111. The van der Waals surface area contributed by atoms with Gasteiger partial charge in [-0.05, 0) is 52.8 Å². The molecule has 0 amide bonds. The standard InChI is InChI=1S/C8H7IO/c1-5-3-6(2)8(10)4-7(5)9/h3-4H,1H2,2H3. The lowest BCUT2D eigenvalue weighted by Gasteiger charge is -2.06. The minimum Gasteiger partial charge on any atom is -0.290 e. The highest BCUT2D eigenvalue weighted by Gasteiger charge is 2.09. The van der Waals surface area contributed by atoms with Crippen LogP contribution in [0.25, 0.3) is 0 Å². The summed E-state index contributed by atoms with van der Waals surface area (Å²) in [6, 6.07) is 0. The first-order valence-corrected chi connectivity index (χ1v) is 3.98. The van der Waals surface area contributed by atoms with Gasteiger partial charge in [-0.15, -0.1) is 0 Å². The second kappa shape index (κ2) is 2.70. The summed E-state index contributed by atoms with van der Waals surface area (Å²) >= 11 is 2.10. The zero-order valence-electron chi connectivity index (χ0n) is 5.65. The molecule has 0 atom stereocenters. The van der Waals surface area contributed by atoms with E-state index in [9.17, 15) is 4.79 Å². The molecule has 0 aliphatic heterocycles. The quantitative estimate of drug-likeness (QED) is 0.600. The molecule has 0 fully saturated rings. The van der Waals surface area contributed by atoms with Gasteiger partial charge in [-0.25, -0.2) is 0 Å². The Hall–Kier alpha value is -0.380. The van der Waals surface area contributed by atoms with Gasteiger partial charge in [0.05, 0.1) is 0 Å². The molecule has 2 heteroatoms. The highest BCUT2D eigenvalue weighted by atomic mass is 127. The Kier molecular flexibility index (Phi) is 2.08. The van der Waals surface area contributed by atoms with Crippen molar-refractivity contribution in [3.05, 3.63) is 33.5 Å². The van der Waals surface area contributed by atoms with Gasteiger partial charge in [0.25, 0.3) is 0 Å². The van der Waals surface area contributed by atoms with Gasteiger partial charge >= 0.3 is 0 Å². The first kappa shape index (κ1) is 7.72. The topological polar surface area (TPSA) is 17.1 Å². The molecule has 0 saturated heterocycles. The number of hydrogen-bond donors (Lipinski definition) is 0. The number of hydrogen-bond acceptors (Lipinski definition) is 1. The van der Waals surface area contributed by atoms with E-state index in [4.69, 9.17) is 0 Å². The van der Waals surface area contributed by atoms with Crippen LogP contribution in [0.4, 0.5) is 0 Å². The Bertz CT molecular complexity index is 230. The van der Waals surface area contributed by atoms with Crippen molar-refractivity contribution in [1.29, 1.82) is 0 Å². The van der Waals surface area contributed by atoms with Crippen molar-refractivity contribution in [2.45, 2.75) is 6.92 Å². The highest BCUT2D eigenvalue weighted by Crippen LogP contribution is 2.23. The molecule has 0 aromatic heterocycles. The maximum atomic E-state index is 11.0. The molecule has 0 saturated carbocycles. The molecule has 0 radical (unpaired) electrons. The fraction of sp³-hybridized carbons (Fsp3) is 0.125. The molecule has 1 rings (SSSR count). The predicted molar refractivity (Wildman–Crippen MR) is 50.0 cm³/mol. The van der Waals surface area contributed by atoms with E-state index >= 15 is 0 Å². The number of carbonyl (C=O) groups excluding carboxylic acids is 1. The van der Waals surface area contributed by atoms with E-state index in [1.165, 1.54) is 0 Å². The number of allylic oxidation sites excluding steroid dienone is 5. The van der Waals surface area contributed by atoms with Crippen LogP contribution in [-0.2, 0) is 4.79 Å². The van der Waals surface area contributed by atoms with Gasteiger partial charge in [-0.2, -0.15) is 0 Å². The van der Waals surface area contributed by atoms with E-state index in [-0.39, 0.29) is 5.78 Å². The number of carbonyl (C=O) groups is 1. The SMILES string of the molecule is C=C1C=C(C)C(=O)C=C1I. The van der Waals surface area contributed by atoms with E-state index in [0.717, 1.165) is 14.7 Å². The molecule has 1 aliphatic rings. The zero-order valence-corrected chi connectivity index (χ0v) is 7.81. The van der Waals surface area contributed by atoms with Crippen molar-refractivity contribution in [2.75, 3.05) is 0 Å². The fourth-order valence-corrected chi connectivity index (χ4v) is 1.16. The number of halogens is 1. The van der Waals surface area contributed by atoms with Crippen molar-refractivity contribution in [2.24, 2.45) is 0 Å². The first-order valence-electron chi connectivity index (χ1n) is 2.90. The van der Waals surface area contributed by atoms with Gasteiger partial charge in [0.2, 0.25) is 0 Å². The van der Waals surface area contributed by atoms with E-state index in [1.807, 2.05) is 6.08 Å². The van der Waals surface area contributed by atoms with Gasteiger partial charge in [0, 0.05) is 3.58 Å². The first-order chi connectivity index (χ1) is 4.61. The third kappa shape index (κ3) is 1.37. The highest BCUT2D eigenvalue weighted by molar-refractivity contribution is 14.1. The molecule has 0 spiro atoms. The Labute approximate surface area is 73.6 Å². The summed E-state index contributed by atoms with van der Waals surface area (Å²) in [5, 5.41) is 0. The Morgan fingerprint density at radius 2 is 2.10 bits per heavy atom. The molecule has 0 heterocycles.